The summed E-state index contributed by atoms with van der Waals surface area (Å²) in [5, 5.41) is 26.6. The molecule has 10 nitrogen and oxygen atoms in total. The minimum Gasteiger partial charge on any atom is -0.480 e. The number of hydrogen-bond donors (Lipinski definition) is 6. The molecule has 5 atom stereocenters. The smallest absolute Gasteiger partial charge is 0.328 e. The molecule has 0 fully saturated rings. The highest BCUT2D eigenvalue weighted by molar-refractivity contribution is 5.94. The fourth-order valence-corrected chi connectivity index (χ4v) is 3.72. The largest absolute Gasteiger partial charge is 0.480 e. The predicted molar refractivity (Wildman–Crippen MR) is 138 cm³/mol. The van der Waals surface area contributed by atoms with E-state index in [9.17, 15) is 29.4 Å². The first kappa shape index (κ1) is 29.5. The normalized spacial score (nSPS) is 15.1. The lowest BCUT2D eigenvalue weighted by Crippen LogP contribution is -2.60. The predicted octanol–water partition coefficient (Wildman–Crippen LogP) is 0.375. The van der Waals surface area contributed by atoms with Gasteiger partial charge < -0.3 is 31.9 Å². The second-order valence-corrected chi connectivity index (χ2v) is 9.34. The van der Waals surface area contributed by atoms with Gasteiger partial charge in [0, 0.05) is 6.42 Å². The van der Waals surface area contributed by atoms with Crippen LogP contribution in [0.25, 0.3) is 0 Å². The van der Waals surface area contributed by atoms with Gasteiger partial charge in [0.15, 0.2) is 6.04 Å². The topological polar surface area (TPSA) is 171 Å². The molecular weight excluding hydrogens is 476 g/mol. The maximum atomic E-state index is 13.3. The Bertz CT molecular complexity index is 1050. The lowest BCUT2D eigenvalue weighted by molar-refractivity contribution is -0.145. The molecule has 0 saturated carbocycles. The van der Waals surface area contributed by atoms with Crippen LogP contribution < -0.4 is 21.7 Å². The molecule has 0 radical (unpaired) electrons. The molecule has 0 saturated heterocycles. The van der Waals surface area contributed by atoms with Crippen LogP contribution in [0, 0.1) is 5.92 Å². The van der Waals surface area contributed by atoms with Crippen LogP contribution in [0.2, 0.25) is 0 Å². The molecule has 37 heavy (non-hydrogen) atoms. The molecule has 5 unspecified atom stereocenters. The van der Waals surface area contributed by atoms with Crippen molar-refractivity contribution in [3.63, 3.8) is 0 Å². The van der Waals surface area contributed by atoms with Crippen LogP contribution in [-0.2, 0) is 32.0 Å². The number of carboxylic acid groups (broad SMARTS) is 1. The summed E-state index contributed by atoms with van der Waals surface area (Å²) in [7, 11) is 0. The number of rotatable bonds is 13. The number of aliphatic carboxylic acids is 1. The number of carboxylic acids is 1. The molecule has 0 aliphatic rings. The first-order valence-corrected chi connectivity index (χ1v) is 12.1. The van der Waals surface area contributed by atoms with Gasteiger partial charge in [-0.1, -0.05) is 74.5 Å². The molecule has 0 heterocycles. The molecule has 0 spiro atoms. The highest BCUT2D eigenvalue weighted by Crippen LogP contribution is 2.09. The summed E-state index contributed by atoms with van der Waals surface area (Å²) in [6, 6.07) is 13.7. The number of aliphatic hydroxyl groups excluding tert-OH is 1. The van der Waals surface area contributed by atoms with Crippen molar-refractivity contribution in [2.24, 2.45) is 11.7 Å². The number of hydrogen-bond acceptors (Lipinski definition) is 6. The maximum absolute atomic E-state index is 13.3. The average molecular weight is 513 g/mol. The zero-order chi connectivity index (χ0) is 27.5. The summed E-state index contributed by atoms with van der Waals surface area (Å²) in [6.07, 6.45) is -0.922. The zero-order valence-electron chi connectivity index (χ0n) is 21.3. The van der Waals surface area contributed by atoms with Gasteiger partial charge in [0.25, 0.3) is 0 Å². The van der Waals surface area contributed by atoms with Gasteiger partial charge in [0.2, 0.25) is 17.7 Å². The van der Waals surface area contributed by atoms with Gasteiger partial charge in [-0.3, -0.25) is 14.4 Å². The van der Waals surface area contributed by atoms with Gasteiger partial charge in [-0.2, -0.15) is 0 Å². The lowest BCUT2D eigenvalue weighted by atomic mass is 9.99. The molecule has 10 heteroatoms. The van der Waals surface area contributed by atoms with E-state index in [1.165, 1.54) is 6.92 Å². The van der Waals surface area contributed by atoms with Crippen LogP contribution in [0.1, 0.15) is 31.9 Å². The number of carbonyl (C=O) groups excluding carboxylic acids is 3. The second kappa shape index (κ2) is 14.1. The van der Waals surface area contributed by atoms with Gasteiger partial charge in [-0.05, 0) is 30.4 Å². The van der Waals surface area contributed by atoms with Crippen LogP contribution in [0.15, 0.2) is 60.7 Å². The van der Waals surface area contributed by atoms with Crippen LogP contribution >= 0.6 is 0 Å². The maximum Gasteiger partial charge on any atom is 0.328 e. The van der Waals surface area contributed by atoms with Crippen molar-refractivity contribution in [2.75, 3.05) is 0 Å². The van der Waals surface area contributed by atoms with Crippen molar-refractivity contribution >= 4 is 23.7 Å². The minimum atomic E-state index is -1.54. The Kier molecular flexibility index (Phi) is 11.2. The summed E-state index contributed by atoms with van der Waals surface area (Å²) in [6.45, 7) is 4.61. The van der Waals surface area contributed by atoms with E-state index in [0.29, 0.717) is 0 Å². The SMILES string of the molecule is CC(C)C(NC(=O)C(Cc1ccccc1)NC(=O)C(N)Cc1ccccc1)C(=O)NC(C(=O)O)C(C)O. The quantitative estimate of drug-likeness (QED) is 0.225. The molecule has 0 aliphatic heterocycles. The lowest BCUT2D eigenvalue weighted by Gasteiger charge is -2.27. The molecule has 2 rings (SSSR count). The fourth-order valence-electron chi connectivity index (χ4n) is 3.72. The molecular formula is C27H36N4O6. The molecule has 2 aromatic rings. The van der Waals surface area contributed by atoms with Gasteiger partial charge >= 0.3 is 5.97 Å². The number of nitrogens with two attached hydrogens (primary N) is 1. The van der Waals surface area contributed by atoms with E-state index in [4.69, 9.17) is 5.73 Å². The third-order valence-corrected chi connectivity index (χ3v) is 5.84. The van der Waals surface area contributed by atoms with Crippen LogP contribution in [0.4, 0.5) is 0 Å². The van der Waals surface area contributed by atoms with Crippen LogP contribution in [0.5, 0.6) is 0 Å². The number of nitrogens with one attached hydrogen (secondary N) is 3. The van der Waals surface area contributed by atoms with Gasteiger partial charge in [0.1, 0.15) is 12.1 Å². The monoisotopic (exact) mass is 512 g/mol. The Hall–Kier alpha value is -3.76. The van der Waals surface area contributed by atoms with Crippen molar-refractivity contribution in [1.29, 1.82) is 0 Å². The summed E-state index contributed by atoms with van der Waals surface area (Å²) in [4.78, 5) is 50.5. The molecule has 200 valence electrons. The van der Waals surface area contributed by atoms with E-state index < -0.39 is 59.9 Å². The third-order valence-electron chi connectivity index (χ3n) is 5.84. The number of carbonyl (C=O) groups is 4. The molecule has 2 aromatic carbocycles. The van der Waals surface area contributed by atoms with Crippen LogP contribution in [0.3, 0.4) is 0 Å². The Morgan fingerprint density at radius 2 is 1.22 bits per heavy atom. The van der Waals surface area contributed by atoms with Gasteiger partial charge in [0.05, 0.1) is 12.1 Å². The number of aliphatic hydroxyl groups is 1. The molecule has 0 aliphatic carbocycles. The molecule has 0 aromatic heterocycles. The van der Waals surface area contributed by atoms with Crippen molar-refractivity contribution in [2.45, 2.75) is 63.9 Å². The number of benzene rings is 2. The number of amides is 3. The Labute approximate surface area is 216 Å². The summed E-state index contributed by atoms with van der Waals surface area (Å²) in [5.41, 5.74) is 7.77. The first-order chi connectivity index (χ1) is 17.5. The average Bonchev–Trinajstić information content (AvgIpc) is 2.85. The Morgan fingerprint density at radius 1 is 0.730 bits per heavy atom. The van der Waals surface area contributed by atoms with Crippen molar-refractivity contribution in [3.05, 3.63) is 71.8 Å². The van der Waals surface area contributed by atoms with E-state index in [1.807, 2.05) is 48.5 Å². The summed E-state index contributed by atoms with van der Waals surface area (Å²) < 4.78 is 0. The fraction of sp³-hybridized carbons (Fsp3) is 0.407. The van der Waals surface area contributed by atoms with Crippen LogP contribution in [-0.4, -0.2) is 64.2 Å². The van der Waals surface area contributed by atoms with Crippen molar-refractivity contribution in [1.82, 2.24) is 16.0 Å². The molecule has 7 N–H and O–H groups in total. The van der Waals surface area contributed by atoms with E-state index in [1.54, 1.807) is 26.0 Å². The van der Waals surface area contributed by atoms with Crippen molar-refractivity contribution < 1.29 is 29.4 Å². The van der Waals surface area contributed by atoms with Gasteiger partial charge in [-0.15, -0.1) is 0 Å². The minimum absolute atomic E-state index is 0.147. The Morgan fingerprint density at radius 3 is 1.68 bits per heavy atom. The van der Waals surface area contributed by atoms with E-state index in [2.05, 4.69) is 16.0 Å². The highest BCUT2D eigenvalue weighted by Gasteiger charge is 2.33. The molecule has 3 amide bonds. The van der Waals surface area contributed by atoms with E-state index >= 15 is 0 Å². The first-order valence-electron chi connectivity index (χ1n) is 12.1. The Balaban J connectivity index is 2.19. The van der Waals surface area contributed by atoms with E-state index in [-0.39, 0.29) is 12.8 Å². The molecule has 0 bridgehead atoms. The summed E-state index contributed by atoms with van der Waals surface area (Å²) in [5.74, 6) is -3.73. The van der Waals surface area contributed by atoms with E-state index in [0.717, 1.165) is 11.1 Å². The standard InChI is InChI=1S/C27H36N4O6/c1-16(2)22(26(35)31-23(17(3)32)27(36)37)30-25(34)21(15-19-12-8-5-9-13-19)29-24(33)20(28)14-18-10-6-4-7-11-18/h4-13,16-17,20-23,32H,14-15,28H2,1-3H3,(H,29,33)(H,30,34)(H,31,35)(H,36,37). The summed E-state index contributed by atoms with van der Waals surface area (Å²) >= 11 is 0. The van der Waals surface area contributed by atoms with Gasteiger partial charge in [-0.25, -0.2) is 4.79 Å². The zero-order valence-corrected chi connectivity index (χ0v) is 21.3. The second-order valence-electron chi connectivity index (χ2n) is 9.34. The highest BCUT2D eigenvalue weighted by atomic mass is 16.4. The third kappa shape index (κ3) is 9.32. The van der Waals surface area contributed by atoms with Crippen molar-refractivity contribution in [3.8, 4) is 0 Å².